The Morgan fingerprint density at radius 1 is 1.26 bits per heavy atom. The van der Waals surface area contributed by atoms with Crippen molar-refractivity contribution in [3.63, 3.8) is 0 Å². The maximum absolute atomic E-state index is 12.0. The maximum atomic E-state index is 12.0. The van der Waals surface area contributed by atoms with E-state index < -0.39 is 6.04 Å². The van der Waals surface area contributed by atoms with E-state index in [0.717, 1.165) is 5.56 Å². The number of carbonyl (C=O) groups excluding carboxylic acids is 2. The van der Waals surface area contributed by atoms with E-state index in [1.54, 1.807) is 49.5 Å². The third-order valence-electron chi connectivity index (χ3n) is 3.32. The van der Waals surface area contributed by atoms with Gasteiger partial charge in [-0.25, -0.2) is 0 Å². The Kier molecular flexibility index (Phi) is 5.14. The molecule has 2 aromatic rings. The van der Waals surface area contributed by atoms with Crippen LogP contribution in [0.3, 0.4) is 0 Å². The van der Waals surface area contributed by atoms with Crippen LogP contribution in [0.15, 0.2) is 42.6 Å². The zero-order valence-corrected chi connectivity index (χ0v) is 12.7. The van der Waals surface area contributed by atoms with E-state index in [0.29, 0.717) is 17.8 Å². The van der Waals surface area contributed by atoms with Crippen molar-refractivity contribution in [2.45, 2.75) is 19.5 Å². The normalized spacial score (nSPS) is 11.5. The molecule has 6 N–H and O–H groups in total. The Hall–Kier alpha value is -3.09. The van der Waals surface area contributed by atoms with E-state index >= 15 is 0 Å². The van der Waals surface area contributed by atoms with E-state index in [1.807, 2.05) is 0 Å². The monoisotopic (exact) mass is 313 g/mol. The lowest BCUT2D eigenvalue weighted by atomic mass is 10.1. The zero-order valence-electron chi connectivity index (χ0n) is 12.7. The number of aromatic nitrogens is 1. The van der Waals surface area contributed by atoms with Crippen molar-refractivity contribution in [3.8, 4) is 0 Å². The summed E-state index contributed by atoms with van der Waals surface area (Å²) in [5, 5.41) is 12.7. The lowest BCUT2D eigenvalue weighted by Gasteiger charge is -2.14. The maximum Gasteiger partial charge on any atom is 0.268 e. The Bertz CT molecular complexity index is 692. The van der Waals surface area contributed by atoms with Crippen molar-refractivity contribution in [2.24, 2.45) is 5.73 Å². The minimum atomic E-state index is -0.651. The molecule has 0 fully saturated rings. The Morgan fingerprint density at radius 2 is 1.96 bits per heavy atom. The van der Waals surface area contributed by atoms with Gasteiger partial charge >= 0.3 is 0 Å². The second-order valence-electron chi connectivity index (χ2n) is 5.11. The largest absolute Gasteiger partial charge is 0.384 e. The number of benzene rings is 1. The molecule has 0 spiro atoms. The van der Waals surface area contributed by atoms with Gasteiger partial charge in [0.15, 0.2) is 0 Å². The summed E-state index contributed by atoms with van der Waals surface area (Å²) in [6.45, 7) is 1.95. The lowest BCUT2D eigenvalue weighted by Crippen LogP contribution is -2.44. The van der Waals surface area contributed by atoms with Crippen LogP contribution in [0, 0.1) is 5.41 Å². The molecular formula is C16H19N5O2. The fourth-order valence-corrected chi connectivity index (χ4v) is 1.96. The Morgan fingerprint density at radius 3 is 2.52 bits per heavy atom. The van der Waals surface area contributed by atoms with Crippen LogP contribution in [0.25, 0.3) is 0 Å². The molecule has 0 aliphatic heterocycles. The van der Waals surface area contributed by atoms with Crippen LogP contribution in [0.4, 0.5) is 0 Å². The first-order valence-electron chi connectivity index (χ1n) is 7.12. The number of amides is 2. The molecule has 23 heavy (non-hydrogen) atoms. The first-order chi connectivity index (χ1) is 11.0. The third-order valence-corrected chi connectivity index (χ3v) is 3.32. The molecular weight excluding hydrogens is 294 g/mol. The third kappa shape index (κ3) is 4.44. The summed E-state index contributed by atoms with van der Waals surface area (Å²) < 4.78 is 0. The number of nitrogen functional groups attached to an aromatic ring is 1. The number of nitrogens with one attached hydrogen (secondary N) is 4. The zero-order chi connectivity index (χ0) is 16.8. The molecule has 0 aliphatic rings. The minimum Gasteiger partial charge on any atom is -0.384 e. The van der Waals surface area contributed by atoms with Gasteiger partial charge in [0, 0.05) is 18.3 Å². The van der Waals surface area contributed by atoms with Crippen molar-refractivity contribution in [3.05, 3.63) is 59.4 Å². The van der Waals surface area contributed by atoms with Gasteiger partial charge in [-0.05, 0) is 24.6 Å². The van der Waals surface area contributed by atoms with Gasteiger partial charge < -0.3 is 21.4 Å². The molecule has 1 unspecified atom stereocenters. The van der Waals surface area contributed by atoms with Gasteiger partial charge in [-0.3, -0.25) is 15.0 Å². The number of hydrogen-bond donors (Lipinski definition) is 5. The Balaban J connectivity index is 1.84. The molecule has 120 valence electrons. The van der Waals surface area contributed by atoms with Crippen molar-refractivity contribution in [1.29, 1.82) is 5.41 Å². The van der Waals surface area contributed by atoms with E-state index in [2.05, 4.69) is 15.6 Å². The predicted octanol–water partition coefficient (Wildman–Crippen LogP) is 0.733. The molecule has 1 aromatic carbocycles. The first-order valence-corrected chi connectivity index (χ1v) is 7.12. The van der Waals surface area contributed by atoms with Crippen molar-refractivity contribution < 1.29 is 9.59 Å². The lowest BCUT2D eigenvalue weighted by molar-refractivity contribution is -0.122. The van der Waals surface area contributed by atoms with Gasteiger partial charge in [-0.1, -0.05) is 24.3 Å². The van der Waals surface area contributed by atoms with E-state index in [1.165, 1.54) is 0 Å². The molecule has 0 saturated heterocycles. The fraction of sp³-hybridized carbons (Fsp3) is 0.188. The van der Waals surface area contributed by atoms with Gasteiger partial charge in [0.1, 0.15) is 17.6 Å². The summed E-state index contributed by atoms with van der Waals surface area (Å²) in [5.74, 6) is -0.606. The molecule has 2 rings (SSSR count). The topological polar surface area (TPSA) is 124 Å². The number of amidine groups is 1. The smallest absolute Gasteiger partial charge is 0.268 e. The number of hydrogen-bond acceptors (Lipinski definition) is 3. The highest BCUT2D eigenvalue weighted by Crippen LogP contribution is 2.03. The molecule has 0 saturated carbocycles. The van der Waals surface area contributed by atoms with Gasteiger partial charge in [-0.2, -0.15) is 0 Å². The van der Waals surface area contributed by atoms with Crippen LogP contribution in [-0.4, -0.2) is 28.7 Å². The van der Waals surface area contributed by atoms with Crippen molar-refractivity contribution >= 4 is 17.6 Å². The molecule has 1 atom stereocenters. The average Bonchev–Trinajstić information content (AvgIpc) is 3.07. The summed E-state index contributed by atoms with van der Waals surface area (Å²) in [5.41, 5.74) is 7.30. The summed E-state index contributed by atoms with van der Waals surface area (Å²) in [6, 6.07) is 9.72. The summed E-state index contributed by atoms with van der Waals surface area (Å²) >= 11 is 0. The van der Waals surface area contributed by atoms with Crippen molar-refractivity contribution in [2.75, 3.05) is 0 Å². The molecule has 0 aliphatic carbocycles. The minimum absolute atomic E-state index is 0.00115. The molecule has 7 nitrogen and oxygen atoms in total. The summed E-state index contributed by atoms with van der Waals surface area (Å²) in [4.78, 5) is 26.6. The quantitative estimate of drug-likeness (QED) is 0.399. The first kappa shape index (κ1) is 16.3. The molecule has 1 heterocycles. The second-order valence-corrected chi connectivity index (χ2v) is 5.11. The second kappa shape index (κ2) is 7.26. The van der Waals surface area contributed by atoms with Gasteiger partial charge in [0.25, 0.3) is 5.91 Å². The average molecular weight is 313 g/mol. The molecule has 7 heteroatoms. The molecule has 0 radical (unpaired) electrons. The van der Waals surface area contributed by atoms with Crippen molar-refractivity contribution in [1.82, 2.24) is 15.6 Å². The highest BCUT2D eigenvalue weighted by Gasteiger charge is 2.16. The SMILES string of the molecule is CC(NC(=O)c1ccc[nH]1)C(=O)NCc1ccc(C(=N)N)cc1. The van der Waals surface area contributed by atoms with Crippen LogP contribution in [0.2, 0.25) is 0 Å². The van der Waals surface area contributed by atoms with E-state index in [9.17, 15) is 9.59 Å². The van der Waals surface area contributed by atoms with E-state index in [4.69, 9.17) is 11.1 Å². The van der Waals surface area contributed by atoms with Gasteiger partial charge in [0.05, 0.1) is 0 Å². The Labute approximate surface area is 133 Å². The number of carbonyl (C=O) groups is 2. The van der Waals surface area contributed by atoms with Crippen LogP contribution in [0.5, 0.6) is 0 Å². The van der Waals surface area contributed by atoms with Crippen LogP contribution in [0.1, 0.15) is 28.5 Å². The molecule has 0 bridgehead atoms. The number of aromatic amines is 1. The predicted molar refractivity (Wildman–Crippen MR) is 87.0 cm³/mol. The molecule has 1 aromatic heterocycles. The standard InChI is InChI=1S/C16H19N5O2/c1-10(21-16(23)13-3-2-8-19-13)15(22)20-9-11-4-6-12(7-5-11)14(17)18/h2-8,10,19H,9H2,1H3,(H3,17,18)(H,20,22)(H,21,23). The van der Waals surface area contributed by atoms with Gasteiger partial charge in [-0.15, -0.1) is 0 Å². The number of nitrogens with two attached hydrogens (primary N) is 1. The van der Waals surface area contributed by atoms with E-state index in [-0.39, 0.29) is 17.6 Å². The molecule has 2 amide bonds. The highest BCUT2D eigenvalue weighted by atomic mass is 16.2. The number of H-pyrrole nitrogens is 1. The highest BCUT2D eigenvalue weighted by molar-refractivity contribution is 5.96. The van der Waals surface area contributed by atoms with Crippen LogP contribution in [-0.2, 0) is 11.3 Å². The fourth-order valence-electron chi connectivity index (χ4n) is 1.96. The van der Waals surface area contributed by atoms with Crippen LogP contribution < -0.4 is 16.4 Å². The number of rotatable bonds is 6. The summed E-state index contributed by atoms with van der Waals surface area (Å²) in [7, 11) is 0. The summed E-state index contributed by atoms with van der Waals surface area (Å²) in [6.07, 6.45) is 1.64. The van der Waals surface area contributed by atoms with Gasteiger partial charge in [0.2, 0.25) is 5.91 Å². The van der Waals surface area contributed by atoms with Crippen LogP contribution >= 0.6 is 0 Å².